The molecule has 4 N–H and O–H groups in total. The Morgan fingerprint density at radius 2 is 2.00 bits per heavy atom. The maximum absolute atomic E-state index is 12.9. The van der Waals surface area contributed by atoms with Crippen LogP contribution in [0.4, 0.5) is 9.93 Å². The number of nitrogens with one attached hydrogen (secondary N) is 1. The number of aromatic nitrogens is 1. The molecule has 3 saturated heterocycles. The number of rotatable bonds is 6. The zero-order valence-electron chi connectivity index (χ0n) is 19.9. The number of likely N-dealkylation sites (N-methyl/N-ethyl adjacent to an activating group) is 1. The molecule has 4 heterocycles. The van der Waals surface area contributed by atoms with Gasteiger partial charge < -0.3 is 40.4 Å². The number of anilines is 1. The number of oxime groups is 1. The van der Waals surface area contributed by atoms with Crippen molar-refractivity contribution in [1.82, 2.24) is 25.0 Å². The SMILES string of the molecule is CON=C(C(=O)NC1C(=O)N2CC(OC(=O)N3CCN(C)CC3)(C(=O)O)C(C)S[C@H]12)c1csc(N)n1. The number of nitrogens with zero attached hydrogens (tertiary/aromatic N) is 5. The highest BCUT2D eigenvalue weighted by molar-refractivity contribution is 8.00. The van der Waals surface area contributed by atoms with E-state index in [1.807, 2.05) is 7.05 Å². The number of thioether (sulfide) groups is 1. The van der Waals surface area contributed by atoms with Crippen LogP contribution in [0.5, 0.6) is 0 Å². The standard InChI is InChI=1S/C20H27N7O7S2/c1-10-20(17(30)31,34-19(32)26-6-4-25(2)5-7-26)9-27-15(29)13(16(27)36-10)23-14(28)12(24-33-3)11-8-35-18(21)22-11/h8,10,13,16H,4-7,9H2,1-3H3,(H2,21,22)(H,23,28)(H,30,31)/t10?,13?,16-,20?/m1/s1. The molecule has 14 nitrogen and oxygen atoms in total. The van der Waals surface area contributed by atoms with Gasteiger partial charge in [0.1, 0.15) is 24.2 Å². The number of β-lactam (4-membered cyclic amide) rings is 1. The van der Waals surface area contributed by atoms with Gasteiger partial charge in [0.15, 0.2) is 10.8 Å². The number of aliphatic carboxylic acids is 1. The number of carboxylic acid groups (broad SMARTS) is 1. The number of hydrogen-bond donors (Lipinski definition) is 3. The van der Waals surface area contributed by atoms with Crippen molar-refractivity contribution >= 4 is 57.8 Å². The minimum atomic E-state index is -1.92. The lowest BCUT2D eigenvalue weighted by Crippen LogP contribution is -2.77. The minimum Gasteiger partial charge on any atom is -0.478 e. The van der Waals surface area contributed by atoms with Gasteiger partial charge in [-0.2, -0.15) is 0 Å². The highest BCUT2D eigenvalue weighted by Crippen LogP contribution is 2.44. The lowest BCUT2D eigenvalue weighted by atomic mass is 9.94. The van der Waals surface area contributed by atoms with E-state index in [9.17, 15) is 24.3 Å². The predicted molar refractivity (Wildman–Crippen MR) is 130 cm³/mol. The van der Waals surface area contributed by atoms with Crippen LogP contribution in [-0.2, 0) is 24.0 Å². The molecule has 4 atom stereocenters. The molecule has 0 radical (unpaired) electrons. The van der Waals surface area contributed by atoms with Crippen LogP contribution in [0.15, 0.2) is 10.5 Å². The van der Waals surface area contributed by atoms with Crippen LogP contribution < -0.4 is 11.1 Å². The van der Waals surface area contributed by atoms with Crippen LogP contribution in [0.3, 0.4) is 0 Å². The number of piperazine rings is 1. The first kappa shape index (κ1) is 26.0. The third kappa shape index (κ3) is 4.67. The molecule has 0 spiro atoms. The Hall–Kier alpha value is -3.11. The topological polar surface area (TPSA) is 180 Å². The molecule has 16 heteroatoms. The fraction of sp³-hybridized carbons (Fsp3) is 0.600. The summed E-state index contributed by atoms with van der Waals surface area (Å²) in [4.78, 5) is 64.6. The smallest absolute Gasteiger partial charge is 0.411 e. The molecule has 36 heavy (non-hydrogen) atoms. The van der Waals surface area contributed by atoms with E-state index in [1.54, 1.807) is 6.92 Å². The maximum Gasteiger partial charge on any atom is 0.411 e. The van der Waals surface area contributed by atoms with E-state index >= 15 is 0 Å². The second-order valence-electron chi connectivity index (χ2n) is 8.63. The third-order valence-electron chi connectivity index (χ3n) is 6.39. The van der Waals surface area contributed by atoms with Crippen LogP contribution in [0.25, 0.3) is 0 Å². The lowest BCUT2D eigenvalue weighted by Gasteiger charge is -2.55. The number of amides is 3. The van der Waals surface area contributed by atoms with E-state index in [1.165, 1.54) is 22.3 Å². The fourth-order valence-electron chi connectivity index (χ4n) is 4.19. The van der Waals surface area contributed by atoms with Gasteiger partial charge in [0.05, 0.1) is 11.8 Å². The Morgan fingerprint density at radius 1 is 1.31 bits per heavy atom. The van der Waals surface area contributed by atoms with Gasteiger partial charge in [-0.3, -0.25) is 9.59 Å². The summed E-state index contributed by atoms with van der Waals surface area (Å²) >= 11 is 2.26. The monoisotopic (exact) mass is 541 g/mol. The molecule has 3 aliphatic heterocycles. The second-order valence-corrected chi connectivity index (χ2v) is 11.0. The van der Waals surface area contributed by atoms with Crippen molar-refractivity contribution < 1.29 is 33.9 Å². The maximum atomic E-state index is 12.9. The van der Waals surface area contributed by atoms with Crippen molar-refractivity contribution in [2.75, 3.05) is 52.6 Å². The average Bonchev–Trinajstić information content (AvgIpc) is 3.27. The number of hydrogen-bond acceptors (Lipinski definition) is 12. The number of ether oxygens (including phenoxy) is 1. The summed E-state index contributed by atoms with van der Waals surface area (Å²) in [5.74, 6) is -2.52. The van der Waals surface area contributed by atoms with Gasteiger partial charge >= 0.3 is 12.1 Å². The van der Waals surface area contributed by atoms with Crippen LogP contribution in [0.1, 0.15) is 12.6 Å². The number of carboxylic acids is 1. The molecular weight excluding hydrogens is 514 g/mol. The molecule has 0 aromatic carbocycles. The van der Waals surface area contributed by atoms with Crippen molar-refractivity contribution in [3.63, 3.8) is 0 Å². The molecule has 0 bridgehead atoms. The van der Waals surface area contributed by atoms with Crippen LogP contribution in [0, 0.1) is 0 Å². The van der Waals surface area contributed by atoms with E-state index in [4.69, 9.17) is 15.3 Å². The van der Waals surface area contributed by atoms with Crippen molar-refractivity contribution in [3.05, 3.63) is 11.1 Å². The molecule has 3 amide bonds. The number of carbonyl (C=O) groups is 4. The van der Waals surface area contributed by atoms with Crippen molar-refractivity contribution in [3.8, 4) is 0 Å². The Balaban J connectivity index is 1.45. The fourth-order valence-corrected chi connectivity index (χ4v) is 6.27. The Bertz CT molecular complexity index is 1090. The van der Waals surface area contributed by atoms with Gasteiger partial charge in [-0.1, -0.05) is 5.16 Å². The van der Waals surface area contributed by atoms with Gasteiger partial charge in [-0.25, -0.2) is 14.6 Å². The summed E-state index contributed by atoms with van der Waals surface area (Å²) in [5.41, 5.74) is 3.77. The number of nitrogen functional groups attached to an aromatic ring is 1. The van der Waals surface area contributed by atoms with Gasteiger partial charge in [-0.15, -0.1) is 23.1 Å². The molecule has 4 rings (SSSR count). The van der Waals surface area contributed by atoms with E-state index in [0.29, 0.717) is 26.2 Å². The number of carbonyl (C=O) groups excluding carboxylic acids is 3. The third-order valence-corrected chi connectivity index (χ3v) is 8.66. The molecule has 3 unspecified atom stereocenters. The van der Waals surface area contributed by atoms with E-state index in [2.05, 4.69) is 20.4 Å². The summed E-state index contributed by atoms with van der Waals surface area (Å²) in [6.45, 7) is 3.44. The van der Waals surface area contributed by atoms with Crippen LogP contribution in [0.2, 0.25) is 0 Å². The Kier molecular flexibility index (Phi) is 7.28. The summed E-state index contributed by atoms with van der Waals surface area (Å²) < 4.78 is 5.59. The van der Waals surface area contributed by atoms with Gasteiger partial charge in [0, 0.05) is 31.6 Å². The summed E-state index contributed by atoms with van der Waals surface area (Å²) in [6.07, 6.45) is -0.725. The largest absolute Gasteiger partial charge is 0.478 e. The van der Waals surface area contributed by atoms with E-state index in [-0.39, 0.29) is 23.1 Å². The zero-order chi connectivity index (χ0) is 26.2. The highest BCUT2D eigenvalue weighted by Gasteiger charge is 2.63. The molecule has 1 aromatic rings. The van der Waals surface area contributed by atoms with E-state index < -0.39 is 46.1 Å². The molecule has 0 aliphatic carbocycles. The second kappa shape index (κ2) is 10.1. The minimum absolute atomic E-state index is 0.147. The van der Waals surface area contributed by atoms with Crippen LogP contribution in [-0.4, -0.2) is 124 Å². The quantitative estimate of drug-likeness (QED) is 0.230. The Morgan fingerprint density at radius 3 is 2.58 bits per heavy atom. The molecule has 3 fully saturated rings. The molecule has 0 saturated carbocycles. The first-order valence-electron chi connectivity index (χ1n) is 11.1. The van der Waals surface area contributed by atoms with Crippen LogP contribution >= 0.6 is 23.1 Å². The lowest BCUT2D eigenvalue weighted by molar-refractivity contribution is -0.171. The van der Waals surface area contributed by atoms with Crippen molar-refractivity contribution in [2.45, 2.75) is 29.2 Å². The normalized spacial score (nSPS) is 28.7. The summed E-state index contributed by atoms with van der Waals surface area (Å²) in [6, 6.07) is -0.928. The zero-order valence-corrected chi connectivity index (χ0v) is 21.5. The van der Waals surface area contributed by atoms with Crippen molar-refractivity contribution in [1.29, 1.82) is 0 Å². The predicted octanol–water partition coefficient (Wildman–Crippen LogP) is -0.928. The number of thiazole rings is 1. The number of nitrogens with two attached hydrogens (primary N) is 1. The summed E-state index contributed by atoms with van der Waals surface area (Å²) in [7, 11) is 3.20. The van der Waals surface area contributed by atoms with E-state index in [0.717, 1.165) is 23.1 Å². The average molecular weight is 542 g/mol. The van der Waals surface area contributed by atoms with Gasteiger partial charge in [-0.05, 0) is 14.0 Å². The first-order chi connectivity index (χ1) is 17.1. The van der Waals surface area contributed by atoms with Gasteiger partial charge in [0.2, 0.25) is 11.5 Å². The summed E-state index contributed by atoms with van der Waals surface area (Å²) in [5, 5.41) is 16.9. The highest BCUT2D eigenvalue weighted by atomic mass is 32.2. The first-order valence-corrected chi connectivity index (χ1v) is 12.9. The van der Waals surface area contributed by atoms with Crippen molar-refractivity contribution in [2.24, 2.45) is 5.16 Å². The molecule has 196 valence electrons. The molecular formula is C20H27N7O7S2. The van der Waals surface area contributed by atoms with Gasteiger partial charge in [0.25, 0.3) is 5.91 Å². The molecule has 1 aromatic heterocycles. The Labute approximate surface area is 214 Å². The number of fused-ring (bicyclic) bond motifs is 1. The molecule has 3 aliphatic rings.